The zero-order valence-electron chi connectivity index (χ0n) is 17.1. The van der Waals surface area contributed by atoms with Crippen LogP contribution >= 0.6 is 0 Å². The van der Waals surface area contributed by atoms with Crippen molar-refractivity contribution in [3.05, 3.63) is 24.3 Å². The Balaban J connectivity index is 1.41. The van der Waals surface area contributed by atoms with E-state index in [1.54, 1.807) is 43.2 Å². The molecule has 0 saturated carbocycles. The summed E-state index contributed by atoms with van der Waals surface area (Å²) in [5.41, 5.74) is 0.579. The van der Waals surface area contributed by atoms with Crippen molar-refractivity contribution in [2.24, 2.45) is 0 Å². The summed E-state index contributed by atoms with van der Waals surface area (Å²) in [6.07, 6.45) is -1.83. The van der Waals surface area contributed by atoms with Crippen LogP contribution in [0, 0.1) is 0 Å². The van der Waals surface area contributed by atoms with Gasteiger partial charge < -0.3 is 34.9 Å². The van der Waals surface area contributed by atoms with Gasteiger partial charge in [0.1, 0.15) is 11.9 Å². The Kier molecular flexibility index (Phi) is 6.09. The molecule has 164 valence electrons. The predicted molar refractivity (Wildman–Crippen MR) is 107 cm³/mol. The number of anilines is 1. The van der Waals surface area contributed by atoms with Gasteiger partial charge in [-0.25, -0.2) is 4.79 Å². The maximum Gasteiger partial charge on any atom is 0.319 e. The SMILES string of the molecule is COc1cccc(NC(=O)NC2C3COC(O3)C(N3CCN(C(C)=O)CC3)C2O)c1. The Morgan fingerprint density at radius 1 is 1.23 bits per heavy atom. The Morgan fingerprint density at radius 3 is 2.70 bits per heavy atom. The number of nitrogens with one attached hydrogen (secondary N) is 2. The number of aliphatic hydroxyl groups excluding tert-OH is 1. The highest BCUT2D eigenvalue weighted by atomic mass is 16.7. The van der Waals surface area contributed by atoms with Crippen LogP contribution in [0.25, 0.3) is 0 Å². The molecular formula is C20H28N4O6. The molecule has 3 fully saturated rings. The van der Waals surface area contributed by atoms with Crippen molar-refractivity contribution in [2.75, 3.05) is 45.2 Å². The van der Waals surface area contributed by atoms with Crippen LogP contribution in [0.3, 0.4) is 0 Å². The van der Waals surface area contributed by atoms with Gasteiger partial charge in [-0.2, -0.15) is 0 Å². The number of urea groups is 1. The van der Waals surface area contributed by atoms with E-state index < -0.39 is 36.6 Å². The normalized spacial score (nSPS) is 31.3. The van der Waals surface area contributed by atoms with Crippen LogP contribution in [0.1, 0.15) is 6.92 Å². The van der Waals surface area contributed by atoms with Gasteiger partial charge in [-0.15, -0.1) is 0 Å². The summed E-state index contributed by atoms with van der Waals surface area (Å²) < 4.78 is 16.9. The predicted octanol–water partition coefficient (Wildman–Crippen LogP) is -0.166. The molecule has 3 heterocycles. The third kappa shape index (κ3) is 4.22. The molecule has 30 heavy (non-hydrogen) atoms. The van der Waals surface area contributed by atoms with Gasteiger partial charge in [0.2, 0.25) is 5.91 Å². The first-order valence-corrected chi connectivity index (χ1v) is 10.1. The van der Waals surface area contributed by atoms with E-state index in [0.717, 1.165) is 0 Å². The molecule has 1 aromatic rings. The summed E-state index contributed by atoms with van der Waals surface area (Å²) in [6.45, 7) is 4.25. The molecule has 3 saturated heterocycles. The number of hydrogen-bond donors (Lipinski definition) is 3. The molecule has 4 rings (SSSR count). The lowest BCUT2D eigenvalue weighted by atomic mass is 9.94. The van der Waals surface area contributed by atoms with E-state index in [9.17, 15) is 14.7 Å². The van der Waals surface area contributed by atoms with Crippen molar-refractivity contribution in [2.45, 2.75) is 37.5 Å². The van der Waals surface area contributed by atoms with Gasteiger partial charge in [0.25, 0.3) is 0 Å². The monoisotopic (exact) mass is 420 g/mol. The van der Waals surface area contributed by atoms with Gasteiger partial charge in [-0.05, 0) is 12.1 Å². The summed E-state index contributed by atoms with van der Waals surface area (Å²) in [4.78, 5) is 28.0. The number of fused-ring (bicyclic) bond motifs is 2. The van der Waals surface area contributed by atoms with Crippen molar-refractivity contribution in [1.29, 1.82) is 0 Å². The smallest absolute Gasteiger partial charge is 0.319 e. The van der Waals surface area contributed by atoms with Gasteiger partial charge >= 0.3 is 6.03 Å². The molecule has 3 aliphatic heterocycles. The highest BCUT2D eigenvalue weighted by Crippen LogP contribution is 2.32. The fourth-order valence-corrected chi connectivity index (χ4v) is 4.32. The molecule has 0 aromatic heterocycles. The zero-order valence-corrected chi connectivity index (χ0v) is 17.1. The number of aliphatic hydroxyl groups is 1. The fraction of sp³-hybridized carbons (Fsp3) is 0.600. The first-order valence-electron chi connectivity index (χ1n) is 10.1. The number of hydrogen-bond acceptors (Lipinski definition) is 7. The average molecular weight is 420 g/mol. The number of carbonyl (C=O) groups excluding carboxylic acids is 2. The van der Waals surface area contributed by atoms with E-state index in [0.29, 0.717) is 44.2 Å². The van der Waals surface area contributed by atoms with Crippen molar-refractivity contribution in [3.63, 3.8) is 0 Å². The molecule has 10 heteroatoms. The molecular weight excluding hydrogens is 392 g/mol. The molecule has 2 bridgehead atoms. The van der Waals surface area contributed by atoms with Gasteiger partial charge in [0, 0.05) is 44.9 Å². The minimum atomic E-state index is -0.865. The number of benzene rings is 1. The second-order valence-corrected chi connectivity index (χ2v) is 7.76. The minimum Gasteiger partial charge on any atom is -0.497 e. The molecule has 1 aromatic carbocycles. The lowest BCUT2D eigenvalue weighted by molar-refractivity contribution is -0.185. The molecule has 3 N–H and O–H groups in total. The number of amides is 3. The molecule has 3 aliphatic rings. The van der Waals surface area contributed by atoms with Crippen LogP contribution in [0.5, 0.6) is 5.75 Å². The van der Waals surface area contributed by atoms with Gasteiger partial charge in [0.15, 0.2) is 6.29 Å². The molecule has 0 aliphatic carbocycles. The number of carbonyl (C=O) groups is 2. The summed E-state index contributed by atoms with van der Waals surface area (Å²) in [5, 5.41) is 16.7. The Bertz CT molecular complexity index is 784. The van der Waals surface area contributed by atoms with E-state index >= 15 is 0 Å². The van der Waals surface area contributed by atoms with E-state index in [1.165, 1.54) is 0 Å². The maximum absolute atomic E-state index is 12.6. The molecule has 10 nitrogen and oxygen atoms in total. The van der Waals surface area contributed by atoms with Gasteiger partial charge in [0.05, 0.1) is 31.9 Å². The highest BCUT2D eigenvalue weighted by molar-refractivity contribution is 5.89. The molecule has 5 atom stereocenters. The first-order chi connectivity index (χ1) is 14.5. The summed E-state index contributed by atoms with van der Waals surface area (Å²) in [6, 6.07) is 5.54. The van der Waals surface area contributed by atoms with E-state index in [4.69, 9.17) is 14.2 Å². The van der Waals surface area contributed by atoms with E-state index in [-0.39, 0.29) is 5.91 Å². The quantitative estimate of drug-likeness (QED) is 0.620. The van der Waals surface area contributed by atoms with Crippen LogP contribution in [0.4, 0.5) is 10.5 Å². The average Bonchev–Trinajstić information content (AvgIpc) is 3.17. The van der Waals surface area contributed by atoms with Gasteiger partial charge in [-0.1, -0.05) is 6.07 Å². The number of nitrogens with zero attached hydrogens (tertiary/aromatic N) is 2. The van der Waals surface area contributed by atoms with Crippen molar-refractivity contribution < 1.29 is 28.9 Å². The second kappa shape index (κ2) is 8.76. The van der Waals surface area contributed by atoms with E-state index in [1.807, 2.05) is 0 Å². The maximum atomic E-state index is 12.6. The van der Waals surface area contributed by atoms with Crippen LogP contribution < -0.4 is 15.4 Å². The summed E-state index contributed by atoms with van der Waals surface area (Å²) in [5.74, 6) is 0.673. The minimum absolute atomic E-state index is 0.0426. The van der Waals surface area contributed by atoms with Crippen molar-refractivity contribution in [3.8, 4) is 5.75 Å². The number of rotatable bonds is 4. The molecule has 0 radical (unpaired) electrons. The van der Waals surface area contributed by atoms with E-state index in [2.05, 4.69) is 15.5 Å². The Morgan fingerprint density at radius 2 is 2.00 bits per heavy atom. The second-order valence-electron chi connectivity index (χ2n) is 7.76. The Labute approximate surface area is 175 Å². The number of piperazine rings is 1. The molecule has 5 unspecified atom stereocenters. The lowest BCUT2D eigenvalue weighted by Crippen LogP contribution is -2.67. The first kappa shape index (κ1) is 20.9. The largest absolute Gasteiger partial charge is 0.497 e. The topological polar surface area (TPSA) is 113 Å². The fourth-order valence-electron chi connectivity index (χ4n) is 4.32. The third-order valence-electron chi connectivity index (χ3n) is 5.94. The van der Waals surface area contributed by atoms with Crippen LogP contribution in [0.15, 0.2) is 24.3 Å². The highest BCUT2D eigenvalue weighted by Gasteiger charge is 2.53. The molecule has 3 amide bonds. The number of ether oxygens (including phenoxy) is 3. The Hall–Kier alpha value is -2.40. The van der Waals surface area contributed by atoms with Crippen LogP contribution in [0.2, 0.25) is 0 Å². The third-order valence-corrected chi connectivity index (χ3v) is 5.94. The van der Waals surface area contributed by atoms with Crippen LogP contribution in [-0.4, -0.2) is 97.3 Å². The standard InChI is InChI=1S/C20H28N4O6/c1-12(25)23-6-8-24(9-7-23)17-18(26)16(15-11-29-19(17)30-15)22-20(27)21-13-4-3-5-14(10-13)28-2/h3-5,10,15-19,26H,6-9,11H2,1-2H3,(H2,21,22,27). The van der Waals surface area contributed by atoms with Crippen molar-refractivity contribution >= 4 is 17.6 Å². The lowest BCUT2D eigenvalue weighted by Gasteiger charge is -2.46. The summed E-state index contributed by atoms with van der Waals surface area (Å²) >= 11 is 0. The molecule has 0 spiro atoms. The van der Waals surface area contributed by atoms with Crippen molar-refractivity contribution in [1.82, 2.24) is 15.1 Å². The van der Waals surface area contributed by atoms with Crippen LogP contribution in [-0.2, 0) is 14.3 Å². The number of methoxy groups -OCH3 is 1. The van der Waals surface area contributed by atoms with Gasteiger partial charge in [-0.3, -0.25) is 9.69 Å². The zero-order chi connectivity index (χ0) is 21.3. The summed E-state index contributed by atoms with van der Waals surface area (Å²) in [7, 11) is 1.56.